The molecule has 0 fully saturated rings. The van der Waals surface area contributed by atoms with Crippen molar-refractivity contribution >= 4 is 5.97 Å². The maximum absolute atomic E-state index is 12.0. The van der Waals surface area contributed by atoms with Gasteiger partial charge in [0.15, 0.2) is 0 Å². The Balaban J connectivity index is 4.52. The SMILES string of the molecule is CCOC(=O)C(NCC(F)(F)F)C(C)(C)C. The van der Waals surface area contributed by atoms with E-state index in [0.29, 0.717) is 0 Å². The Morgan fingerprint density at radius 3 is 2.12 bits per heavy atom. The molecule has 0 aliphatic rings. The van der Waals surface area contributed by atoms with Crippen molar-refractivity contribution < 1.29 is 22.7 Å². The number of rotatable bonds is 4. The lowest BCUT2D eigenvalue weighted by Gasteiger charge is -2.29. The molecule has 0 aromatic carbocycles. The Kier molecular flexibility index (Phi) is 5.25. The van der Waals surface area contributed by atoms with Gasteiger partial charge in [-0.15, -0.1) is 0 Å². The van der Waals surface area contributed by atoms with Crippen LogP contribution in [0.5, 0.6) is 0 Å². The van der Waals surface area contributed by atoms with Crippen LogP contribution >= 0.6 is 0 Å². The number of esters is 1. The van der Waals surface area contributed by atoms with Gasteiger partial charge in [0.1, 0.15) is 6.04 Å². The Hall–Kier alpha value is -0.780. The fourth-order valence-corrected chi connectivity index (χ4v) is 1.19. The predicted octanol–water partition coefficient (Wildman–Crippen LogP) is 2.12. The zero-order valence-corrected chi connectivity index (χ0v) is 9.94. The van der Waals surface area contributed by atoms with Crippen LogP contribution in [0.1, 0.15) is 27.7 Å². The van der Waals surface area contributed by atoms with Crippen LogP contribution in [-0.2, 0) is 9.53 Å². The molecule has 0 rings (SSSR count). The van der Waals surface area contributed by atoms with Crippen molar-refractivity contribution in [1.29, 1.82) is 0 Å². The van der Waals surface area contributed by atoms with Crippen molar-refractivity contribution in [3.05, 3.63) is 0 Å². The summed E-state index contributed by atoms with van der Waals surface area (Å²) in [6.07, 6.45) is -4.34. The maximum Gasteiger partial charge on any atom is 0.401 e. The van der Waals surface area contributed by atoms with Gasteiger partial charge in [-0.1, -0.05) is 20.8 Å². The van der Waals surface area contributed by atoms with E-state index in [1.165, 1.54) is 0 Å². The van der Waals surface area contributed by atoms with Gasteiger partial charge in [0.2, 0.25) is 0 Å². The highest BCUT2D eigenvalue weighted by Crippen LogP contribution is 2.22. The molecule has 0 spiro atoms. The zero-order valence-electron chi connectivity index (χ0n) is 9.94. The number of alkyl halides is 3. The second-order valence-corrected chi connectivity index (χ2v) is 4.55. The maximum atomic E-state index is 12.0. The first-order chi connectivity index (χ1) is 7.08. The molecular formula is C10H18F3NO2. The summed E-state index contributed by atoms with van der Waals surface area (Å²) in [4.78, 5) is 11.5. The minimum absolute atomic E-state index is 0.152. The van der Waals surface area contributed by atoms with E-state index in [-0.39, 0.29) is 6.61 Å². The second kappa shape index (κ2) is 5.52. The molecule has 0 radical (unpaired) electrons. The molecule has 1 unspecified atom stereocenters. The first-order valence-electron chi connectivity index (χ1n) is 5.04. The van der Waals surface area contributed by atoms with Crippen molar-refractivity contribution in [1.82, 2.24) is 5.32 Å². The summed E-state index contributed by atoms with van der Waals surface area (Å²) in [5, 5.41) is 2.18. The number of hydrogen-bond acceptors (Lipinski definition) is 3. The van der Waals surface area contributed by atoms with Crippen LogP contribution in [0.3, 0.4) is 0 Å². The highest BCUT2D eigenvalue weighted by molar-refractivity contribution is 5.76. The Labute approximate surface area is 93.3 Å². The van der Waals surface area contributed by atoms with Gasteiger partial charge < -0.3 is 4.74 Å². The monoisotopic (exact) mass is 241 g/mol. The minimum Gasteiger partial charge on any atom is -0.465 e. The number of hydrogen-bond donors (Lipinski definition) is 1. The summed E-state index contributed by atoms with van der Waals surface area (Å²) in [5.41, 5.74) is -0.627. The van der Waals surface area contributed by atoms with E-state index < -0.39 is 30.1 Å². The number of halogens is 3. The van der Waals surface area contributed by atoms with Gasteiger partial charge in [0.25, 0.3) is 0 Å². The molecule has 96 valence electrons. The number of nitrogens with one attached hydrogen (secondary N) is 1. The zero-order chi connectivity index (χ0) is 13.0. The van der Waals surface area contributed by atoms with Crippen LogP contribution in [-0.4, -0.2) is 31.3 Å². The second-order valence-electron chi connectivity index (χ2n) is 4.55. The van der Waals surface area contributed by atoms with Gasteiger partial charge in [0.05, 0.1) is 13.2 Å². The van der Waals surface area contributed by atoms with E-state index in [1.807, 2.05) is 0 Å². The van der Waals surface area contributed by atoms with Gasteiger partial charge in [0, 0.05) is 0 Å². The largest absolute Gasteiger partial charge is 0.465 e. The Morgan fingerprint density at radius 2 is 1.81 bits per heavy atom. The molecule has 0 aromatic rings. The first kappa shape index (κ1) is 15.2. The normalized spacial score (nSPS) is 14.7. The molecule has 0 bridgehead atoms. The summed E-state index contributed by atoms with van der Waals surface area (Å²) in [6, 6.07) is -0.964. The third kappa shape index (κ3) is 5.95. The average molecular weight is 241 g/mol. The van der Waals surface area contributed by atoms with Crippen LogP contribution in [0.2, 0.25) is 0 Å². The third-order valence-corrected chi connectivity index (χ3v) is 1.89. The average Bonchev–Trinajstić information content (AvgIpc) is 1.99. The van der Waals surface area contributed by atoms with E-state index in [2.05, 4.69) is 5.32 Å². The molecule has 0 saturated carbocycles. The summed E-state index contributed by atoms with van der Waals surface area (Å²) >= 11 is 0. The lowest BCUT2D eigenvalue weighted by Crippen LogP contribution is -2.50. The van der Waals surface area contributed by atoms with Crippen LogP contribution in [0, 0.1) is 5.41 Å². The van der Waals surface area contributed by atoms with Crippen LogP contribution in [0.15, 0.2) is 0 Å². The summed E-state index contributed by atoms with van der Waals surface area (Å²) in [6.45, 7) is 5.60. The van der Waals surface area contributed by atoms with E-state index in [4.69, 9.17) is 4.74 Å². The summed E-state index contributed by atoms with van der Waals surface area (Å²) in [5.74, 6) is -0.653. The molecule has 6 heteroatoms. The summed E-state index contributed by atoms with van der Waals surface area (Å²) in [7, 11) is 0. The Morgan fingerprint density at radius 1 is 1.31 bits per heavy atom. The van der Waals surface area contributed by atoms with Crippen molar-refractivity contribution in [3.8, 4) is 0 Å². The molecule has 1 atom stereocenters. The molecule has 0 saturated heterocycles. The summed E-state index contributed by atoms with van der Waals surface area (Å²) < 4.78 is 40.8. The quantitative estimate of drug-likeness (QED) is 0.766. The predicted molar refractivity (Wildman–Crippen MR) is 53.9 cm³/mol. The third-order valence-electron chi connectivity index (χ3n) is 1.89. The highest BCUT2D eigenvalue weighted by atomic mass is 19.4. The van der Waals surface area contributed by atoms with Gasteiger partial charge >= 0.3 is 12.1 Å². The smallest absolute Gasteiger partial charge is 0.401 e. The van der Waals surface area contributed by atoms with Crippen molar-refractivity contribution in [2.24, 2.45) is 5.41 Å². The Bertz CT molecular complexity index is 233. The molecule has 0 aliphatic heterocycles. The van der Waals surface area contributed by atoms with Crippen LogP contribution in [0.4, 0.5) is 13.2 Å². The van der Waals surface area contributed by atoms with Crippen molar-refractivity contribution in [2.75, 3.05) is 13.2 Å². The molecule has 16 heavy (non-hydrogen) atoms. The van der Waals surface area contributed by atoms with Crippen molar-refractivity contribution in [2.45, 2.75) is 39.9 Å². The van der Waals surface area contributed by atoms with Crippen molar-refractivity contribution in [3.63, 3.8) is 0 Å². The van der Waals surface area contributed by atoms with Crippen LogP contribution < -0.4 is 5.32 Å². The fourth-order valence-electron chi connectivity index (χ4n) is 1.19. The lowest BCUT2D eigenvalue weighted by atomic mass is 9.87. The van der Waals surface area contributed by atoms with Gasteiger partial charge in [-0.05, 0) is 12.3 Å². The number of carbonyl (C=O) groups excluding carboxylic acids is 1. The topological polar surface area (TPSA) is 38.3 Å². The lowest BCUT2D eigenvalue weighted by molar-refractivity contribution is -0.152. The van der Waals surface area contributed by atoms with Gasteiger partial charge in [-0.2, -0.15) is 13.2 Å². The van der Waals surface area contributed by atoms with E-state index in [1.54, 1.807) is 27.7 Å². The van der Waals surface area contributed by atoms with E-state index >= 15 is 0 Å². The van der Waals surface area contributed by atoms with E-state index in [9.17, 15) is 18.0 Å². The standard InChI is InChI=1S/C10H18F3NO2/c1-5-16-8(15)7(9(2,3)4)14-6-10(11,12)13/h7,14H,5-6H2,1-4H3. The molecular weight excluding hydrogens is 223 g/mol. The number of carbonyl (C=O) groups is 1. The number of ether oxygens (including phenoxy) is 1. The molecule has 1 N–H and O–H groups in total. The first-order valence-corrected chi connectivity index (χ1v) is 5.04. The molecule has 0 aliphatic carbocycles. The van der Waals surface area contributed by atoms with Gasteiger partial charge in [-0.25, -0.2) is 0 Å². The minimum atomic E-state index is -4.34. The van der Waals surface area contributed by atoms with Gasteiger partial charge in [-0.3, -0.25) is 10.1 Å². The molecule has 0 amide bonds. The van der Waals surface area contributed by atoms with E-state index in [0.717, 1.165) is 0 Å². The molecule has 3 nitrogen and oxygen atoms in total. The van der Waals surface area contributed by atoms with Crippen LogP contribution in [0.25, 0.3) is 0 Å². The highest BCUT2D eigenvalue weighted by Gasteiger charge is 2.36. The molecule has 0 aromatic heterocycles. The molecule has 0 heterocycles. The fraction of sp³-hybridized carbons (Fsp3) is 0.900.